The molecule has 2 aromatic rings. The average molecular weight is 286 g/mol. The smallest absolute Gasteiger partial charge is 0.260 e. The molecule has 1 atom stereocenters. The zero-order chi connectivity index (χ0) is 14.9. The topological polar surface area (TPSA) is 59.2 Å². The van der Waals surface area contributed by atoms with Crippen molar-refractivity contribution >= 4 is 0 Å². The summed E-state index contributed by atoms with van der Waals surface area (Å²) in [4.78, 5) is 4.43. The minimum atomic E-state index is -0.840. The fourth-order valence-electron chi connectivity index (χ4n) is 2.96. The fraction of sp³-hybridized carbons (Fsp3) is 0.529. The Hall–Kier alpha value is -1.68. The molecule has 1 fully saturated rings. The van der Waals surface area contributed by atoms with E-state index in [2.05, 4.69) is 24.0 Å². The van der Waals surface area contributed by atoms with Crippen molar-refractivity contribution in [2.45, 2.75) is 51.6 Å². The van der Waals surface area contributed by atoms with Crippen molar-refractivity contribution in [3.8, 4) is 0 Å². The van der Waals surface area contributed by atoms with Crippen molar-refractivity contribution in [3.63, 3.8) is 0 Å². The van der Waals surface area contributed by atoms with Gasteiger partial charge >= 0.3 is 0 Å². The van der Waals surface area contributed by atoms with Crippen molar-refractivity contribution in [3.05, 3.63) is 47.6 Å². The maximum atomic E-state index is 10.3. The van der Waals surface area contributed by atoms with E-state index in [4.69, 9.17) is 4.52 Å². The van der Waals surface area contributed by atoms with Gasteiger partial charge in [-0.05, 0) is 36.7 Å². The average Bonchev–Trinajstić information content (AvgIpc) is 2.97. The Kier molecular flexibility index (Phi) is 3.81. The molecule has 1 heterocycles. The van der Waals surface area contributed by atoms with Crippen LogP contribution in [0, 0.1) is 5.41 Å². The Morgan fingerprint density at radius 3 is 2.52 bits per heavy atom. The minimum Gasteiger partial charge on any atom is -0.378 e. The van der Waals surface area contributed by atoms with Gasteiger partial charge in [0.1, 0.15) is 0 Å². The lowest BCUT2D eigenvalue weighted by atomic mass is 9.73. The van der Waals surface area contributed by atoms with Gasteiger partial charge in [-0.25, -0.2) is 0 Å². The molecule has 4 heteroatoms. The van der Waals surface area contributed by atoms with Gasteiger partial charge in [0.25, 0.3) is 5.89 Å². The third-order valence-electron chi connectivity index (χ3n) is 4.51. The highest BCUT2D eigenvalue weighted by Crippen LogP contribution is 2.41. The second kappa shape index (κ2) is 5.60. The monoisotopic (exact) mass is 286 g/mol. The maximum Gasteiger partial charge on any atom is 0.260 e. The zero-order valence-corrected chi connectivity index (χ0v) is 12.6. The molecular weight excluding hydrogens is 264 g/mol. The van der Waals surface area contributed by atoms with Crippen LogP contribution in [-0.2, 0) is 0 Å². The van der Waals surface area contributed by atoms with Gasteiger partial charge in [-0.15, -0.1) is 0 Å². The van der Waals surface area contributed by atoms with Crippen molar-refractivity contribution in [1.29, 1.82) is 0 Å². The molecule has 1 aliphatic carbocycles. The van der Waals surface area contributed by atoms with E-state index in [0.717, 1.165) is 24.2 Å². The van der Waals surface area contributed by atoms with Crippen LogP contribution < -0.4 is 0 Å². The van der Waals surface area contributed by atoms with Crippen LogP contribution in [0.5, 0.6) is 0 Å². The van der Waals surface area contributed by atoms with E-state index < -0.39 is 6.10 Å². The SMILES string of the molecule is CC1(C)CCC(c2noc(C(O)c3ccccc3)n2)CC1. The number of aliphatic hydroxyl groups excluding tert-OH is 1. The Labute approximate surface area is 125 Å². The molecule has 1 unspecified atom stereocenters. The summed E-state index contributed by atoms with van der Waals surface area (Å²) in [5, 5.41) is 14.4. The number of aromatic nitrogens is 2. The van der Waals surface area contributed by atoms with Crippen LogP contribution in [-0.4, -0.2) is 15.2 Å². The first-order chi connectivity index (χ1) is 10.1. The van der Waals surface area contributed by atoms with Gasteiger partial charge in [0.15, 0.2) is 11.9 Å². The van der Waals surface area contributed by atoms with Gasteiger partial charge in [0.2, 0.25) is 0 Å². The molecule has 0 bridgehead atoms. The fourth-order valence-corrected chi connectivity index (χ4v) is 2.96. The zero-order valence-electron chi connectivity index (χ0n) is 12.6. The number of aliphatic hydroxyl groups is 1. The maximum absolute atomic E-state index is 10.3. The lowest BCUT2D eigenvalue weighted by molar-refractivity contribution is 0.170. The molecule has 0 aliphatic heterocycles. The van der Waals surface area contributed by atoms with E-state index in [1.165, 1.54) is 12.8 Å². The largest absolute Gasteiger partial charge is 0.378 e. The highest BCUT2D eigenvalue weighted by atomic mass is 16.5. The number of benzene rings is 1. The van der Waals surface area contributed by atoms with Crippen molar-refractivity contribution in [1.82, 2.24) is 10.1 Å². The molecule has 1 aliphatic rings. The van der Waals surface area contributed by atoms with E-state index in [1.54, 1.807) is 0 Å². The molecule has 0 saturated heterocycles. The Morgan fingerprint density at radius 2 is 1.86 bits per heavy atom. The number of rotatable bonds is 3. The van der Waals surface area contributed by atoms with Gasteiger partial charge in [-0.1, -0.05) is 49.3 Å². The number of hydrogen-bond donors (Lipinski definition) is 1. The first-order valence-electron chi connectivity index (χ1n) is 7.62. The Bertz CT molecular complexity index is 582. The first kappa shape index (κ1) is 14.3. The Morgan fingerprint density at radius 1 is 1.19 bits per heavy atom. The summed E-state index contributed by atoms with van der Waals surface area (Å²) in [5.41, 5.74) is 1.20. The summed E-state index contributed by atoms with van der Waals surface area (Å²) in [7, 11) is 0. The van der Waals surface area contributed by atoms with E-state index in [1.807, 2.05) is 30.3 Å². The third kappa shape index (κ3) is 3.16. The van der Waals surface area contributed by atoms with E-state index in [9.17, 15) is 5.11 Å². The highest BCUT2D eigenvalue weighted by molar-refractivity contribution is 5.21. The second-order valence-corrected chi connectivity index (χ2v) is 6.74. The second-order valence-electron chi connectivity index (χ2n) is 6.74. The van der Waals surface area contributed by atoms with Crippen LogP contribution in [0.1, 0.15) is 68.8 Å². The van der Waals surface area contributed by atoms with Crippen LogP contribution in [0.3, 0.4) is 0 Å². The Balaban J connectivity index is 1.72. The minimum absolute atomic E-state index is 0.293. The molecule has 0 spiro atoms. The van der Waals surface area contributed by atoms with Crippen molar-refractivity contribution < 1.29 is 9.63 Å². The normalized spacial score (nSPS) is 20.3. The molecule has 0 amide bonds. The molecule has 21 heavy (non-hydrogen) atoms. The quantitative estimate of drug-likeness (QED) is 0.931. The van der Waals surface area contributed by atoms with Gasteiger partial charge in [-0.2, -0.15) is 4.98 Å². The summed E-state index contributed by atoms with van der Waals surface area (Å²) in [5.74, 6) is 1.40. The lowest BCUT2D eigenvalue weighted by Crippen LogP contribution is -2.20. The van der Waals surface area contributed by atoms with Crippen LogP contribution in [0.2, 0.25) is 0 Å². The van der Waals surface area contributed by atoms with Gasteiger partial charge in [-0.3, -0.25) is 0 Å². The number of nitrogens with zero attached hydrogens (tertiary/aromatic N) is 2. The van der Waals surface area contributed by atoms with Crippen LogP contribution in [0.15, 0.2) is 34.9 Å². The van der Waals surface area contributed by atoms with E-state index in [0.29, 0.717) is 17.2 Å². The first-order valence-corrected chi connectivity index (χ1v) is 7.62. The van der Waals surface area contributed by atoms with Crippen LogP contribution in [0.25, 0.3) is 0 Å². The molecule has 3 rings (SSSR count). The lowest BCUT2D eigenvalue weighted by Gasteiger charge is -2.32. The molecule has 112 valence electrons. The summed E-state index contributed by atoms with van der Waals surface area (Å²) < 4.78 is 5.27. The van der Waals surface area contributed by atoms with Crippen molar-refractivity contribution in [2.24, 2.45) is 5.41 Å². The van der Waals surface area contributed by atoms with Gasteiger partial charge in [0, 0.05) is 5.92 Å². The summed E-state index contributed by atoms with van der Waals surface area (Å²) in [6, 6.07) is 9.41. The standard InChI is InChI=1S/C17H22N2O2/c1-17(2)10-8-13(9-11-17)15-18-16(21-19-15)14(20)12-6-4-3-5-7-12/h3-7,13-14,20H,8-11H2,1-2H3. The van der Waals surface area contributed by atoms with Crippen molar-refractivity contribution in [2.75, 3.05) is 0 Å². The molecule has 0 radical (unpaired) electrons. The summed E-state index contributed by atoms with van der Waals surface area (Å²) >= 11 is 0. The summed E-state index contributed by atoms with van der Waals surface area (Å²) in [6.45, 7) is 4.62. The van der Waals surface area contributed by atoms with Gasteiger partial charge < -0.3 is 9.63 Å². The van der Waals surface area contributed by atoms with E-state index in [-0.39, 0.29) is 0 Å². The molecular formula is C17H22N2O2. The highest BCUT2D eigenvalue weighted by Gasteiger charge is 2.30. The summed E-state index contributed by atoms with van der Waals surface area (Å²) in [6.07, 6.45) is 3.71. The van der Waals surface area contributed by atoms with Crippen LogP contribution >= 0.6 is 0 Å². The van der Waals surface area contributed by atoms with Gasteiger partial charge in [0.05, 0.1) is 0 Å². The molecule has 1 N–H and O–H groups in total. The molecule has 1 aromatic carbocycles. The van der Waals surface area contributed by atoms with Crippen LogP contribution in [0.4, 0.5) is 0 Å². The molecule has 4 nitrogen and oxygen atoms in total. The number of hydrogen-bond acceptors (Lipinski definition) is 4. The third-order valence-corrected chi connectivity index (χ3v) is 4.51. The predicted octanol–water partition coefficient (Wildman–Crippen LogP) is 3.84. The molecule has 1 aromatic heterocycles. The van der Waals surface area contributed by atoms with E-state index >= 15 is 0 Å². The molecule has 1 saturated carbocycles. The predicted molar refractivity (Wildman–Crippen MR) is 79.8 cm³/mol.